The predicted octanol–water partition coefficient (Wildman–Crippen LogP) is 2.52. The van der Waals surface area contributed by atoms with Crippen molar-refractivity contribution in [3.63, 3.8) is 0 Å². The third kappa shape index (κ3) is 5.83. The number of carbonyl (C=O) groups excluding carboxylic acids is 2. The Morgan fingerprint density at radius 1 is 1.11 bits per heavy atom. The quantitative estimate of drug-likeness (QED) is 0.639. The number of piperidine rings is 1. The highest BCUT2D eigenvalue weighted by molar-refractivity contribution is 5.98. The van der Waals surface area contributed by atoms with Gasteiger partial charge in [0.15, 0.2) is 5.78 Å². The number of carbonyl (C=O) groups is 2. The van der Waals surface area contributed by atoms with Crippen LogP contribution in [0, 0.1) is 40.2 Å². The molecule has 28 heavy (non-hydrogen) atoms. The third-order valence-corrected chi connectivity index (χ3v) is 4.85. The van der Waals surface area contributed by atoms with Crippen LogP contribution in [-0.4, -0.2) is 54.2 Å². The van der Waals surface area contributed by atoms with Crippen molar-refractivity contribution >= 4 is 11.7 Å². The smallest absolute Gasteiger partial charge is 0.236 e. The van der Waals surface area contributed by atoms with E-state index in [0.717, 1.165) is 18.2 Å². The first kappa shape index (κ1) is 21.5. The van der Waals surface area contributed by atoms with E-state index < -0.39 is 23.3 Å². The summed E-state index contributed by atoms with van der Waals surface area (Å²) in [5.74, 6) is -2.35. The fourth-order valence-electron chi connectivity index (χ4n) is 3.28. The topological polar surface area (TPSA) is 88.2 Å². The van der Waals surface area contributed by atoms with E-state index in [9.17, 15) is 18.4 Å². The molecule has 1 aliphatic heterocycles. The van der Waals surface area contributed by atoms with E-state index in [4.69, 9.17) is 10.5 Å². The number of amides is 1. The molecule has 1 saturated heterocycles. The summed E-state index contributed by atoms with van der Waals surface area (Å²) < 4.78 is 27.1. The van der Waals surface area contributed by atoms with Gasteiger partial charge in [-0.2, -0.15) is 10.5 Å². The predicted molar refractivity (Wildman–Crippen MR) is 96.9 cm³/mol. The first-order valence-corrected chi connectivity index (χ1v) is 9.19. The maximum Gasteiger partial charge on any atom is 0.236 e. The van der Waals surface area contributed by atoms with Gasteiger partial charge in [0.2, 0.25) is 5.91 Å². The largest absolute Gasteiger partial charge is 0.340 e. The standard InChI is InChI=1S/C20H22F2N4O2/c21-16-3-4-18(22)17(13-16)20(28)15-5-11-25(12-6-15)14-19(27)26(9-1-7-23)10-2-8-24/h3-4,13,15H,1-2,5-6,9-12,14H2. The van der Waals surface area contributed by atoms with Crippen LogP contribution >= 0.6 is 0 Å². The molecule has 8 heteroatoms. The molecule has 1 aliphatic rings. The molecule has 0 aromatic heterocycles. The molecule has 2 rings (SSSR count). The van der Waals surface area contributed by atoms with Crippen LogP contribution in [-0.2, 0) is 4.79 Å². The Hall–Kier alpha value is -2.84. The van der Waals surface area contributed by atoms with Crippen LogP contribution < -0.4 is 0 Å². The monoisotopic (exact) mass is 388 g/mol. The van der Waals surface area contributed by atoms with Crippen LogP contribution in [0.25, 0.3) is 0 Å². The van der Waals surface area contributed by atoms with Gasteiger partial charge in [0.1, 0.15) is 11.6 Å². The molecule has 0 radical (unpaired) electrons. The van der Waals surface area contributed by atoms with Crippen molar-refractivity contribution < 1.29 is 18.4 Å². The summed E-state index contributed by atoms with van der Waals surface area (Å²) in [5, 5.41) is 17.4. The van der Waals surface area contributed by atoms with Gasteiger partial charge in [0.05, 0.1) is 37.1 Å². The summed E-state index contributed by atoms with van der Waals surface area (Å²) in [7, 11) is 0. The van der Waals surface area contributed by atoms with Gasteiger partial charge < -0.3 is 4.90 Å². The normalized spacial score (nSPS) is 14.9. The molecule has 1 aromatic carbocycles. The lowest BCUT2D eigenvalue weighted by Crippen LogP contribution is -2.44. The van der Waals surface area contributed by atoms with Gasteiger partial charge in [-0.1, -0.05) is 0 Å². The molecule has 1 amide bonds. The molecule has 1 heterocycles. The lowest BCUT2D eigenvalue weighted by molar-refractivity contribution is -0.132. The maximum absolute atomic E-state index is 13.8. The van der Waals surface area contributed by atoms with E-state index in [1.54, 1.807) is 0 Å². The first-order valence-electron chi connectivity index (χ1n) is 9.19. The molecule has 1 fully saturated rings. The number of hydrogen-bond acceptors (Lipinski definition) is 5. The van der Waals surface area contributed by atoms with Crippen LogP contribution in [0.4, 0.5) is 8.78 Å². The van der Waals surface area contributed by atoms with Gasteiger partial charge in [-0.25, -0.2) is 8.78 Å². The Bertz CT molecular complexity index is 774. The Morgan fingerprint density at radius 2 is 1.71 bits per heavy atom. The van der Waals surface area contributed by atoms with Crippen molar-refractivity contribution in [1.82, 2.24) is 9.80 Å². The molecule has 1 aromatic rings. The fourth-order valence-corrected chi connectivity index (χ4v) is 3.28. The number of hydrogen-bond donors (Lipinski definition) is 0. The number of Topliss-reactive ketones (excluding diaryl/α,β-unsaturated/α-hetero) is 1. The molecule has 0 atom stereocenters. The molecule has 0 aliphatic carbocycles. The Kier molecular flexibility index (Phi) is 8.03. The SMILES string of the molecule is N#CCCN(CCC#N)C(=O)CN1CCC(C(=O)c2cc(F)ccc2F)CC1. The maximum atomic E-state index is 13.8. The second-order valence-corrected chi connectivity index (χ2v) is 6.74. The van der Waals surface area contributed by atoms with Gasteiger partial charge in [-0.3, -0.25) is 14.5 Å². The average molecular weight is 388 g/mol. The summed E-state index contributed by atoms with van der Waals surface area (Å²) >= 11 is 0. The zero-order valence-corrected chi connectivity index (χ0v) is 15.5. The number of nitrogens with zero attached hydrogens (tertiary/aromatic N) is 4. The van der Waals surface area contributed by atoms with Gasteiger partial charge in [0, 0.05) is 19.0 Å². The van der Waals surface area contributed by atoms with Crippen LogP contribution in [0.2, 0.25) is 0 Å². The number of nitriles is 2. The highest BCUT2D eigenvalue weighted by Gasteiger charge is 2.29. The summed E-state index contributed by atoms with van der Waals surface area (Å²) in [6, 6.07) is 6.84. The van der Waals surface area contributed by atoms with E-state index in [1.165, 1.54) is 4.90 Å². The molecule has 0 bridgehead atoms. The molecular formula is C20H22F2N4O2. The number of rotatable bonds is 8. The molecule has 0 saturated carbocycles. The highest BCUT2D eigenvalue weighted by Crippen LogP contribution is 2.23. The second kappa shape index (κ2) is 10.5. The summed E-state index contributed by atoms with van der Waals surface area (Å²) in [5.41, 5.74) is -0.228. The van der Waals surface area contributed by atoms with Crippen LogP contribution in [0.1, 0.15) is 36.0 Å². The summed E-state index contributed by atoms with van der Waals surface area (Å²) in [6.07, 6.45) is 1.32. The van der Waals surface area contributed by atoms with Crippen molar-refractivity contribution in [2.24, 2.45) is 5.92 Å². The van der Waals surface area contributed by atoms with Gasteiger partial charge in [-0.05, 0) is 44.1 Å². The Labute approximate surface area is 162 Å². The minimum atomic E-state index is -0.727. The van der Waals surface area contributed by atoms with Gasteiger partial charge >= 0.3 is 0 Å². The van der Waals surface area contributed by atoms with Crippen LogP contribution in [0.5, 0.6) is 0 Å². The number of likely N-dealkylation sites (tertiary alicyclic amines) is 1. The zero-order valence-electron chi connectivity index (χ0n) is 15.5. The highest BCUT2D eigenvalue weighted by atomic mass is 19.1. The van der Waals surface area contributed by atoms with E-state index in [2.05, 4.69) is 0 Å². The van der Waals surface area contributed by atoms with Crippen molar-refractivity contribution in [3.8, 4) is 12.1 Å². The molecule has 148 valence electrons. The van der Waals surface area contributed by atoms with Crippen LogP contribution in [0.15, 0.2) is 18.2 Å². The lowest BCUT2D eigenvalue weighted by Gasteiger charge is -2.32. The average Bonchev–Trinajstić information content (AvgIpc) is 2.70. The lowest BCUT2D eigenvalue weighted by atomic mass is 9.88. The van der Waals surface area contributed by atoms with Gasteiger partial charge in [0.25, 0.3) is 0 Å². The summed E-state index contributed by atoms with van der Waals surface area (Å²) in [4.78, 5) is 28.3. The molecule has 0 unspecified atom stereocenters. The Balaban J connectivity index is 1.89. The zero-order chi connectivity index (χ0) is 20.5. The van der Waals surface area contributed by atoms with Crippen molar-refractivity contribution in [1.29, 1.82) is 10.5 Å². The second-order valence-electron chi connectivity index (χ2n) is 6.74. The van der Waals surface area contributed by atoms with Crippen molar-refractivity contribution in [2.45, 2.75) is 25.7 Å². The minimum absolute atomic E-state index is 0.145. The molecule has 0 spiro atoms. The minimum Gasteiger partial charge on any atom is -0.340 e. The van der Waals surface area contributed by atoms with E-state index >= 15 is 0 Å². The fraction of sp³-hybridized carbons (Fsp3) is 0.500. The number of halogens is 2. The van der Waals surface area contributed by atoms with Crippen molar-refractivity contribution in [3.05, 3.63) is 35.4 Å². The van der Waals surface area contributed by atoms with Crippen molar-refractivity contribution in [2.75, 3.05) is 32.7 Å². The first-order chi connectivity index (χ1) is 13.5. The third-order valence-electron chi connectivity index (χ3n) is 4.85. The van der Waals surface area contributed by atoms with E-state index in [1.807, 2.05) is 17.0 Å². The van der Waals surface area contributed by atoms with Gasteiger partial charge in [-0.15, -0.1) is 0 Å². The van der Waals surface area contributed by atoms with Crippen LogP contribution in [0.3, 0.4) is 0 Å². The molecular weight excluding hydrogens is 366 g/mol. The number of ketones is 1. The summed E-state index contributed by atoms with van der Waals surface area (Å²) in [6.45, 7) is 1.69. The number of benzene rings is 1. The molecule has 6 nitrogen and oxygen atoms in total. The van der Waals surface area contributed by atoms with E-state index in [0.29, 0.717) is 25.9 Å². The molecule has 0 N–H and O–H groups in total. The van der Waals surface area contributed by atoms with E-state index in [-0.39, 0.29) is 43.9 Å². The Morgan fingerprint density at radius 3 is 2.29 bits per heavy atom.